The van der Waals surface area contributed by atoms with Gasteiger partial charge in [-0.05, 0) is 24.8 Å². The smallest absolute Gasteiger partial charge is 0.239 e. The third-order valence-corrected chi connectivity index (χ3v) is 4.86. The fourth-order valence-corrected chi connectivity index (χ4v) is 3.07. The molecule has 0 aliphatic carbocycles. The van der Waals surface area contributed by atoms with Crippen LogP contribution in [0.25, 0.3) is 0 Å². The van der Waals surface area contributed by atoms with Crippen molar-refractivity contribution in [2.75, 3.05) is 19.6 Å². The van der Waals surface area contributed by atoms with E-state index in [0.717, 1.165) is 19.5 Å². The van der Waals surface area contributed by atoms with Gasteiger partial charge in [-0.3, -0.25) is 14.5 Å². The number of nitrogens with two attached hydrogens (primary N) is 1. The first-order valence-corrected chi connectivity index (χ1v) is 9.00. The molecule has 0 bridgehead atoms. The Morgan fingerprint density at radius 1 is 1.24 bits per heavy atom. The summed E-state index contributed by atoms with van der Waals surface area (Å²) in [5.41, 5.74) is 7.05. The van der Waals surface area contributed by atoms with Crippen LogP contribution in [0.3, 0.4) is 0 Å². The summed E-state index contributed by atoms with van der Waals surface area (Å²) >= 11 is 0. The van der Waals surface area contributed by atoms with Gasteiger partial charge in [-0.2, -0.15) is 0 Å². The van der Waals surface area contributed by atoms with Crippen molar-refractivity contribution < 1.29 is 9.59 Å². The minimum Gasteiger partial charge on any atom is -0.350 e. The number of nitrogens with one attached hydrogen (secondary N) is 2. The summed E-state index contributed by atoms with van der Waals surface area (Å²) in [5.74, 6) is -0.398. The van der Waals surface area contributed by atoms with Crippen molar-refractivity contribution in [3.63, 3.8) is 0 Å². The highest BCUT2D eigenvalue weighted by atomic mass is 16.2. The molecular weight excluding hydrogens is 316 g/mol. The number of hydrogen-bond acceptors (Lipinski definition) is 4. The van der Waals surface area contributed by atoms with E-state index in [-0.39, 0.29) is 30.3 Å². The van der Waals surface area contributed by atoms with Crippen molar-refractivity contribution in [3.8, 4) is 0 Å². The van der Waals surface area contributed by atoms with Crippen molar-refractivity contribution >= 4 is 11.8 Å². The van der Waals surface area contributed by atoms with Gasteiger partial charge in [-0.1, -0.05) is 44.2 Å². The molecule has 1 aromatic carbocycles. The van der Waals surface area contributed by atoms with Crippen LogP contribution in [0.4, 0.5) is 0 Å². The van der Waals surface area contributed by atoms with Crippen molar-refractivity contribution in [1.82, 2.24) is 15.5 Å². The van der Waals surface area contributed by atoms with E-state index in [1.165, 1.54) is 5.56 Å². The first kappa shape index (κ1) is 19.4. The Morgan fingerprint density at radius 2 is 1.92 bits per heavy atom. The zero-order valence-corrected chi connectivity index (χ0v) is 15.4. The Labute approximate surface area is 150 Å². The van der Waals surface area contributed by atoms with Gasteiger partial charge in [-0.25, -0.2) is 0 Å². The number of nitrogens with zero attached hydrogens (tertiary/aromatic N) is 1. The molecule has 0 radical (unpaired) electrons. The van der Waals surface area contributed by atoms with Gasteiger partial charge in [0.05, 0.1) is 12.6 Å². The van der Waals surface area contributed by atoms with Crippen LogP contribution in [0.1, 0.15) is 38.8 Å². The molecular formula is C19H30N4O2. The number of carbonyl (C=O) groups excluding carboxylic acids is 2. The molecule has 1 aliphatic heterocycles. The third-order valence-electron chi connectivity index (χ3n) is 4.86. The SMILES string of the molecule is CC(C)[C@H](N)C(=O)NCC(=O)NC1CCN(C(C)c2ccccc2)C1. The molecule has 6 nitrogen and oxygen atoms in total. The molecule has 2 rings (SSSR count). The topological polar surface area (TPSA) is 87.5 Å². The Hall–Kier alpha value is -1.92. The van der Waals surface area contributed by atoms with Gasteiger partial charge in [-0.15, -0.1) is 0 Å². The molecule has 1 saturated heterocycles. The van der Waals surface area contributed by atoms with Gasteiger partial charge < -0.3 is 16.4 Å². The molecule has 1 fully saturated rings. The van der Waals surface area contributed by atoms with Crippen LogP contribution in [0.5, 0.6) is 0 Å². The molecule has 0 aromatic heterocycles. The summed E-state index contributed by atoms with van der Waals surface area (Å²) in [6.07, 6.45) is 0.919. The Bertz CT molecular complexity index is 576. The summed E-state index contributed by atoms with van der Waals surface area (Å²) in [7, 11) is 0. The molecule has 138 valence electrons. The molecule has 3 atom stereocenters. The lowest BCUT2D eigenvalue weighted by molar-refractivity contribution is -0.127. The zero-order chi connectivity index (χ0) is 18.4. The van der Waals surface area contributed by atoms with Crippen molar-refractivity contribution in [2.24, 2.45) is 11.7 Å². The molecule has 1 aliphatic rings. The molecule has 6 heteroatoms. The zero-order valence-electron chi connectivity index (χ0n) is 15.4. The predicted molar refractivity (Wildman–Crippen MR) is 98.8 cm³/mol. The van der Waals surface area contributed by atoms with E-state index in [9.17, 15) is 9.59 Å². The molecule has 1 heterocycles. The fourth-order valence-electron chi connectivity index (χ4n) is 3.07. The van der Waals surface area contributed by atoms with E-state index in [1.54, 1.807) is 0 Å². The summed E-state index contributed by atoms with van der Waals surface area (Å²) < 4.78 is 0. The van der Waals surface area contributed by atoms with E-state index >= 15 is 0 Å². The molecule has 4 N–H and O–H groups in total. The van der Waals surface area contributed by atoms with Crippen LogP contribution < -0.4 is 16.4 Å². The van der Waals surface area contributed by atoms with E-state index in [2.05, 4.69) is 34.6 Å². The van der Waals surface area contributed by atoms with Gasteiger partial charge in [0, 0.05) is 25.2 Å². The van der Waals surface area contributed by atoms with Gasteiger partial charge in [0.2, 0.25) is 11.8 Å². The predicted octanol–water partition coefficient (Wildman–Crippen LogP) is 1.04. The largest absolute Gasteiger partial charge is 0.350 e. The van der Waals surface area contributed by atoms with Crippen LogP contribution >= 0.6 is 0 Å². The molecule has 0 saturated carbocycles. The Kier molecular flexibility index (Phi) is 6.96. The quantitative estimate of drug-likeness (QED) is 0.688. The van der Waals surface area contributed by atoms with Crippen molar-refractivity contribution in [3.05, 3.63) is 35.9 Å². The fraction of sp³-hybridized carbons (Fsp3) is 0.579. The monoisotopic (exact) mass is 346 g/mol. The van der Waals surface area contributed by atoms with E-state index in [4.69, 9.17) is 5.73 Å². The number of benzene rings is 1. The van der Waals surface area contributed by atoms with Crippen LogP contribution in [0, 0.1) is 5.92 Å². The number of hydrogen-bond donors (Lipinski definition) is 3. The maximum absolute atomic E-state index is 12.1. The second-order valence-corrected chi connectivity index (χ2v) is 7.12. The summed E-state index contributed by atoms with van der Waals surface area (Å²) in [6.45, 7) is 7.70. The molecule has 25 heavy (non-hydrogen) atoms. The van der Waals surface area contributed by atoms with Crippen LogP contribution in [-0.2, 0) is 9.59 Å². The van der Waals surface area contributed by atoms with Gasteiger partial charge >= 0.3 is 0 Å². The van der Waals surface area contributed by atoms with E-state index < -0.39 is 6.04 Å². The first-order chi connectivity index (χ1) is 11.9. The summed E-state index contributed by atoms with van der Waals surface area (Å²) in [4.78, 5) is 26.2. The summed E-state index contributed by atoms with van der Waals surface area (Å²) in [5, 5.41) is 5.61. The van der Waals surface area contributed by atoms with Crippen LogP contribution in [0.15, 0.2) is 30.3 Å². The Morgan fingerprint density at radius 3 is 2.56 bits per heavy atom. The normalized spacial score (nSPS) is 20.3. The van der Waals surface area contributed by atoms with E-state index in [0.29, 0.717) is 6.04 Å². The summed E-state index contributed by atoms with van der Waals surface area (Å²) in [6, 6.07) is 10.2. The lowest BCUT2D eigenvalue weighted by atomic mass is 10.1. The number of amides is 2. The molecule has 0 spiro atoms. The van der Waals surface area contributed by atoms with Gasteiger partial charge in [0.25, 0.3) is 0 Å². The standard InChI is InChI=1S/C19H30N4O2/c1-13(2)18(20)19(25)21-11-17(24)22-16-9-10-23(12-16)14(3)15-7-5-4-6-8-15/h4-8,13-14,16,18H,9-12,20H2,1-3H3,(H,21,25)(H,22,24)/t14?,16?,18-/m0/s1. The number of likely N-dealkylation sites (tertiary alicyclic amines) is 1. The maximum atomic E-state index is 12.1. The average molecular weight is 346 g/mol. The number of rotatable bonds is 7. The minimum atomic E-state index is -0.582. The highest BCUT2D eigenvalue weighted by Gasteiger charge is 2.28. The lowest BCUT2D eigenvalue weighted by Crippen LogP contribution is -2.48. The lowest BCUT2D eigenvalue weighted by Gasteiger charge is -2.24. The third kappa shape index (κ3) is 5.54. The highest BCUT2D eigenvalue weighted by molar-refractivity contribution is 5.87. The van der Waals surface area contributed by atoms with Crippen molar-refractivity contribution in [1.29, 1.82) is 0 Å². The second kappa shape index (κ2) is 8.97. The highest BCUT2D eigenvalue weighted by Crippen LogP contribution is 2.24. The molecule has 2 amide bonds. The van der Waals surface area contributed by atoms with Crippen LogP contribution in [-0.4, -0.2) is 48.4 Å². The minimum absolute atomic E-state index is 0.0238. The maximum Gasteiger partial charge on any atom is 0.239 e. The second-order valence-electron chi connectivity index (χ2n) is 7.12. The van der Waals surface area contributed by atoms with Gasteiger partial charge in [0.1, 0.15) is 0 Å². The van der Waals surface area contributed by atoms with E-state index in [1.807, 2.05) is 32.0 Å². The van der Waals surface area contributed by atoms with Crippen molar-refractivity contribution in [2.45, 2.75) is 45.3 Å². The Balaban J connectivity index is 1.75. The average Bonchev–Trinajstić information content (AvgIpc) is 3.07. The number of carbonyl (C=O) groups is 2. The van der Waals surface area contributed by atoms with Crippen LogP contribution in [0.2, 0.25) is 0 Å². The first-order valence-electron chi connectivity index (χ1n) is 9.00. The van der Waals surface area contributed by atoms with Gasteiger partial charge in [0.15, 0.2) is 0 Å². The molecule has 1 aromatic rings. The molecule has 2 unspecified atom stereocenters.